The van der Waals surface area contributed by atoms with Crippen LogP contribution in [0.3, 0.4) is 0 Å². The number of nitrogens with zero attached hydrogens (tertiary/aromatic N) is 4. The second kappa shape index (κ2) is 29.4. The molecule has 0 aliphatic carbocycles. The van der Waals surface area contributed by atoms with Gasteiger partial charge in [-0.2, -0.15) is 5.26 Å². The van der Waals surface area contributed by atoms with Gasteiger partial charge in [0.25, 0.3) is 17.7 Å². The first-order valence-corrected chi connectivity index (χ1v) is 30.9. The third-order valence-electron chi connectivity index (χ3n) is 15.6. The first-order valence-electron chi connectivity index (χ1n) is 28.6. The minimum atomic E-state index is -0.898. The van der Waals surface area contributed by atoms with Crippen LogP contribution in [0.5, 0.6) is 34.5 Å². The number of nitriles is 1. The second-order valence-electron chi connectivity index (χ2n) is 21.6. The Kier molecular flexibility index (Phi) is 21.0. The van der Waals surface area contributed by atoms with Crippen LogP contribution in [-0.2, 0) is 14.4 Å². The third-order valence-corrected chi connectivity index (χ3v) is 17.5. The maximum atomic E-state index is 13.8. The molecular formula is C70H51BrCl4F3N7O9. The van der Waals surface area contributed by atoms with E-state index in [-0.39, 0.29) is 71.4 Å². The molecule has 12 rings (SSSR count). The van der Waals surface area contributed by atoms with E-state index >= 15 is 0 Å². The van der Waals surface area contributed by atoms with Gasteiger partial charge in [-0.15, -0.1) is 0 Å². The zero-order valence-electron chi connectivity index (χ0n) is 49.0. The third kappa shape index (κ3) is 15.4. The molecule has 3 aliphatic rings. The number of rotatable bonds is 15. The average Bonchev–Trinajstić information content (AvgIpc) is 1.65. The van der Waals surface area contributed by atoms with E-state index in [1.54, 1.807) is 78.9 Å². The summed E-state index contributed by atoms with van der Waals surface area (Å²) < 4.78 is 59.9. The van der Waals surface area contributed by atoms with Gasteiger partial charge >= 0.3 is 0 Å². The monoisotopic (exact) mass is 1410 g/mol. The fourth-order valence-electron chi connectivity index (χ4n) is 10.8. The summed E-state index contributed by atoms with van der Waals surface area (Å²) in [6.45, 7) is 1.06. The zero-order chi connectivity index (χ0) is 67.1. The number of carbonyl (C=O) groups is 6. The van der Waals surface area contributed by atoms with Crippen LogP contribution in [0.2, 0.25) is 20.1 Å². The van der Waals surface area contributed by atoms with Crippen molar-refractivity contribution in [3.63, 3.8) is 0 Å². The molecule has 6 N–H and O–H groups in total. The quantitative estimate of drug-likeness (QED) is 0.0876. The van der Waals surface area contributed by atoms with Crippen LogP contribution in [0.1, 0.15) is 90.3 Å². The van der Waals surface area contributed by atoms with Crippen molar-refractivity contribution in [2.75, 3.05) is 34.3 Å². The molecule has 3 heterocycles. The van der Waals surface area contributed by atoms with Crippen molar-refractivity contribution in [3.05, 3.63) is 263 Å². The molecule has 0 unspecified atom stereocenters. The Bertz CT molecular complexity index is 4360. The number of hydrogen-bond donors (Lipinski definition) is 3. The van der Waals surface area contributed by atoms with Gasteiger partial charge in [0.2, 0.25) is 17.7 Å². The minimum absolute atomic E-state index is 0.117. The van der Waals surface area contributed by atoms with Gasteiger partial charge < -0.3 is 46.1 Å². The van der Waals surface area contributed by atoms with Crippen molar-refractivity contribution in [2.45, 2.75) is 37.0 Å². The number of nitrogens with two attached hydrogens (primary N) is 3. The lowest BCUT2D eigenvalue weighted by atomic mass is 9.98. The van der Waals surface area contributed by atoms with Gasteiger partial charge in [-0.3, -0.25) is 28.8 Å². The molecule has 3 fully saturated rings. The topological polar surface area (TPSA) is 242 Å². The van der Waals surface area contributed by atoms with Crippen LogP contribution < -0.4 is 46.1 Å². The molecule has 3 saturated heterocycles. The lowest BCUT2D eigenvalue weighted by Crippen LogP contribution is -2.25. The molecule has 0 bridgehead atoms. The van der Waals surface area contributed by atoms with E-state index in [0.717, 1.165) is 39.4 Å². The number of carbonyl (C=O) groups excluding carboxylic acids is 6. The van der Waals surface area contributed by atoms with Gasteiger partial charge in [0.05, 0.1) is 46.8 Å². The van der Waals surface area contributed by atoms with Crippen LogP contribution in [0.4, 0.5) is 30.2 Å². The first kappa shape index (κ1) is 67.0. The predicted molar refractivity (Wildman–Crippen MR) is 355 cm³/mol. The number of anilines is 3. The SMILES string of the molecule is N#Cc1ccccc1Oc1cc([C@H]2CC(=O)N(c3ccc(F)c(C(N)=O)c3)C2)ccc1Cl.NC(=O)c1cc(N2C[C@@H](c3ccc(Cl)c(Oc4ccccc4Br)c3)CC2=O)ccc1F.NC(=O)c1cc(N2C[C@@H](c3ccc(Cl)c(Oc4ccccc4Cl)c3)CC2=O)ccc1F. The smallest absolute Gasteiger partial charge is 0.251 e. The number of benzene rings is 9. The molecule has 0 spiro atoms. The van der Waals surface area contributed by atoms with E-state index in [1.165, 1.54) is 51.1 Å². The van der Waals surface area contributed by atoms with Gasteiger partial charge in [-0.05, 0) is 160 Å². The fourth-order valence-corrected chi connectivity index (χ4v) is 11.8. The van der Waals surface area contributed by atoms with Gasteiger partial charge in [-0.1, -0.05) is 101 Å². The highest BCUT2D eigenvalue weighted by Gasteiger charge is 2.36. The van der Waals surface area contributed by atoms with Gasteiger partial charge in [-0.25, -0.2) is 13.2 Å². The molecule has 0 aromatic heterocycles. The lowest BCUT2D eigenvalue weighted by Gasteiger charge is -2.18. The van der Waals surface area contributed by atoms with Crippen molar-refractivity contribution in [1.82, 2.24) is 0 Å². The Morgan fingerprint density at radius 1 is 0.426 bits per heavy atom. The first-order chi connectivity index (χ1) is 45.0. The van der Waals surface area contributed by atoms with Gasteiger partial charge in [0, 0.05) is 73.7 Å². The summed E-state index contributed by atoms with van der Waals surface area (Å²) in [7, 11) is 0. The highest BCUT2D eigenvalue weighted by atomic mass is 79.9. The number of hydrogen-bond acceptors (Lipinski definition) is 10. The van der Waals surface area contributed by atoms with E-state index < -0.39 is 35.2 Å². The Hall–Kier alpha value is -9.88. The summed E-state index contributed by atoms with van der Waals surface area (Å²) >= 11 is 28.5. The molecule has 0 radical (unpaired) electrons. The molecule has 9 aromatic rings. The highest BCUT2D eigenvalue weighted by Crippen LogP contribution is 2.43. The Morgan fingerprint density at radius 3 is 1.11 bits per heavy atom. The average molecular weight is 1410 g/mol. The van der Waals surface area contributed by atoms with Crippen LogP contribution in [0.15, 0.2) is 186 Å². The molecule has 6 amide bonds. The van der Waals surface area contributed by atoms with E-state index in [4.69, 9.17) is 77.8 Å². The number of primary amides is 3. The molecule has 0 saturated carbocycles. The van der Waals surface area contributed by atoms with Crippen molar-refractivity contribution in [3.8, 4) is 40.6 Å². The largest absolute Gasteiger partial charge is 0.455 e. The number of halogens is 8. The molecule has 94 heavy (non-hydrogen) atoms. The maximum Gasteiger partial charge on any atom is 0.251 e. The molecule has 476 valence electrons. The lowest BCUT2D eigenvalue weighted by molar-refractivity contribution is -0.118. The number of ether oxygens (including phenoxy) is 3. The Balaban J connectivity index is 0.000000154. The predicted octanol–water partition coefficient (Wildman–Crippen LogP) is 16.0. The van der Waals surface area contributed by atoms with Crippen molar-refractivity contribution < 1.29 is 56.1 Å². The minimum Gasteiger partial charge on any atom is -0.455 e. The van der Waals surface area contributed by atoms with Crippen LogP contribution in [0.25, 0.3) is 0 Å². The maximum absolute atomic E-state index is 13.8. The van der Waals surface area contributed by atoms with Crippen molar-refractivity contribution in [2.24, 2.45) is 17.2 Å². The van der Waals surface area contributed by atoms with Crippen LogP contribution in [-0.4, -0.2) is 55.1 Å². The van der Waals surface area contributed by atoms with Crippen molar-refractivity contribution >= 4 is 115 Å². The van der Waals surface area contributed by atoms with E-state index in [1.807, 2.05) is 48.5 Å². The summed E-state index contributed by atoms with van der Waals surface area (Å²) in [6, 6.07) is 51.0. The molecule has 9 aromatic carbocycles. The standard InChI is InChI=1S/C24H17ClFN3O3.C23H17BrClFN2O3.C23H17Cl2FN2O3/c25-19-7-5-14(9-22(19)32-21-4-2-1-3-15(21)12-27)16-10-23(30)29(13-16)17-6-8-20(26)18(11-17)24(28)31;2*24-17-3-1-2-4-20(17)31-21-9-13(5-7-18(21)25)14-10-22(29)28(12-14)15-6-8-19(26)16(11-15)23(27)30/h1-9,11,16H,10,13H2,(H2,28,31);2*1-9,11,14H,10,12H2,(H2,27,30)/t16-;2*14-/m000/s1. The van der Waals surface area contributed by atoms with Gasteiger partial charge in [0.15, 0.2) is 0 Å². The molecule has 3 atom stereocenters. The Labute approximate surface area is 564 Å². The fraction of sp³-hybridized carbons (Fsp3) is 0.129. The summed E-state index contributed by atoms with van der Waals surface area (Å²) in [5.41, 5.74) is 19.1. The highest BCUT2D eigenvalue weighted by molar-refractivity contribution is 9.10. The summed E-state index contributed by atoms with van der Waals surface area (Å²) in [5, 5.41) is 11.0. The Morgan fingerprint density at radius 2 is 0.745 bits per heavy atom. The van der Waals surface area contributed by atoms with Gasteiger partial charge in [0.1, 0.15) is 58.0 Å². The summed E-state index contributed by atoms with van der Waals surface area (Å²) in [5.74, 6) is -2.95. The molecule has 16 nitrogen and oxygen atoms in total. The van der Waals surface area contributed by atoms with Crippen molar-refractivity contribution in [1.29, 1.82) is 5.26 Å². The second-order valence-corrected chi connectivity index (χ2v) is 24.1. The molecular weight excluding hydrogens is 1360 g/mol. The molecule has 3 aliphatic heterocycles. The van der Waals surface area contributed by atoms with Crippen LogP contribution >= 0.6 is 62.3 Å². The number of amides is 6. The molecule has 24 heteroatoms. The van der Waals surface area contributed by atoms with E-state index in [0.29, 0.717) is 96.8 Å². The summed E-state index contributed by atoms with van der Waals surface area (Å²) in [6.07, 6.45) is 0.731. The number of para-hydroxylation sites is 3. The summed E-state index contributed by atoms with van der Waals surface area (Å²) in [4.78, 5) is 76.9. The van der Waals surface area contributed by atoms with Crippen LogP contribution in [0, 0.1) is 28.8 Å². The van der Waals surface area contributed by atoms with E-state index in [9.17, 15) is 47.2 Å². The zero-order valence-corrected chi connectivity index (χ0v) is 53.6. The van der Waals surface area contributed by atoms with E-state index in [2.05, 4.69) is 22.0 Å². The normalized spacial score (nSPS) is 15.8.